The maximum absolute atomic E-state index is 13.3. The van der Waals surface area contributed by atoms with E-state index in [0.29, 0.717) is 48.0 Å². The van der Waals surface area contributed by atoms with Gasteiger partial charge in [-0.05, 0) is 39.0 Å². The number of rotatable bonds is 6. The molecule has 0 aliphatic carbocycles. The van der Waals surface area contributed by atoms with E-state index in [0.717, 1.165) is 0 Å². The van der Waals surface area contributed by atoms with Crippen molar-refractivity contribution in [2.24, 2.45) is 0 Å². The smallest absolute Gasteiger partial charge is 0.277 e. The molecule has 1 aliphatic heterocycles. The number of aryl methyl sites for hydroxylation is 2. The number of ether oxygens (including phenoxy) is 1. The first-order chi connectivity index (χ1) is 15.3. The lowest BCUT2D eigenvalue weighted by Gasteiger charge is -2.32. The maximum Gasteiger partial charge on any atom is 0.277 e. The Morgan fingerprint density at radius 3 is 2.56 bits per heavy atom. The molecule has 3 heterocycles. The van der Waals surface area contributed by atoms with E-state index in [4.69, 9.17) is 4.74 Å². The molecule has 2 N–H and O–H groups in total. The zero-order valence-corrected chi connectivity index (χ0v) is 19.0. The van der Waals surface area contributed by atoms with Crippen LogP contribution in [0.15, 0.2) is 27.9 Å². The van der Waals surface area contributed by atoms with Crippen LogP contribution in [0.5, 0.6) is 5.75 Å². The van der Waals surface area contributed by atoms with Gasteiger partial charge in [-0.15, -0.1) is 5.10 Å². The highest BCUT2D eigenvalue weighted by molar-refractivity contribution is 7.89. The summed E-state index contributed by atoms with van der Waals surface area (Å²) in [7, 11) is -3.78. The highest BCUT2D eigenvalue weighted by atomic mass is 32.2. The van der Waals surface area contributed by atoms with E-state index >= 15 is 0 Å². The lowest BCUT2D eigenvalue weighted by atomic mass is 10.2. The number of nitrogens with one attached hydrogen (secondary N) is 1. The third-order valence-electron chi connectivity index (χ3n) is 5.51. The predicted molar refractivity (Wildman–Crippen MR) is 117 cm³/mol. The Hall–Kier alpha value is -2.80. The molecule has 0 atom stereocenters. The minimum absolute atomic E-state index is 0.0784. The summed E-state index contributed by atoms with van der Waals surface area (Å²) >= 11 is 0. The summed E-state index contributed by atoms with van der Waals surface area (Å²) in [4.78, 5) is 21.6. The Morgan fingerprint density at radius 1 is 1.19 bits per heavy atom. The van der Waals surface area contributed by atoms with Gasteiger partial charge in [-0.3, -0.25) is 9.69 Å². The second kappa shape index (κ2) is 8.62. The molecular weight excluding hydrogens is 436 g/mol. The van der Waals surface area contributed by atoms with Gasteiger partial charge in [-0.2, -0.15) is 4.31 Å². The zero-order chi connectivity index (χ0) is 23.0. The molecule has 1 fully saturated rings. The highest BCUT2D eigenvalue weighted by Gasteiger charge is 2.29. The number of imidazole rings is 1. The van der Waals surface area contributed by atoms with E-state index in [1.807, 2.05) is 6.92 Å². The van der Waals surface area contributed by atoms with Gasteiger partial charge in [0.25, 0.3) is 5.56 Å². The third kappa shape index (κ3) is 3.90. The molecule has 0 bridgehead atoms. The predicted octanol–water partition coefficient (Wildman–Crippen LogP) is 0.356. The second-order valence-corrected chi connectivity index (χ2v) is 9.50. The van der Waals surface area contributed by atoms with Crippen molar-refractivity contribution < 1.29 is 18.3 Å². The van der Waals surface area contributed by atoms with E-state index in [-0.39, 0.29) is 36.1 Å². The van der Waals surface area contributed by atoms with Crippen molar-refractivity contribution in [2.45, 2.75) is 25.7 Å². The van der Waals surface area contributed by atoms with Gasteiger partial charge >= 0.3 is 0 Å². The van der Waals surface area contributed by atoms with Gasteiger partial charge in [-0.1, -0.05) is 0 Å². The van der Waals surface area contributed by atoms with Crippen LogP contribution in [0.4, 0.5) is 0 Å². The number of benzene rings is 1. The lowest BCUT2D eigenvalue weighted by molar-refractivity contribution is 0.0769. The Kier molecular flexibility index (Phi) is 6.03. The van der Waals surface area contributed by atoms with Gasteiger partial charge in [0.2, 0.25) is 10.0 Å². The fourth-order valence-corrected chi connectivity index (χ4v) is 5.30. The van der Waals surface area contributed by atoms with Gasteiger partial charge in [0.1, 0.15) is 11.6 Å². The van der Waals surface area contributed by atoms with Crippen molar-refractivity contribution in [2.75, 3.05) is 39.5 Å². The Morgan fingerprint density at radius 2 is 1.91 bits per heavy atom. The number of aromatic amines is 1. The molecule has 1 aromatic carbocycles. The van der Waals surface area contributed by atoms with Gasteiger partial charge in [0.15, 0.2) is 11.3 Å². The molecule has 0 spiro atoms. The van der Waals surface area contributed by atoms with Crippen molar-refractivity contribution in [3.8, 4) is 17.1 Å². The Balaban J connectivity index is 1.81. The normalized spacial score (nSPS) is 16.0. The van der Waals surface area contributed by atoms with Crippen molar-refractivity contribution in [1.82, 2.24) is 28.8 Å². The lowest BCUT2D eigenvalue weighted by Crippen LogP contribution is -2.48. The minimum Gasteiger partial charge on any atom is -0.493 e. The molecule has 2 aromatic heterocycles. The summed E-state index contributed by atoms with van der Waals surface area (Å²) in [6, 6.07) is 4.54. The number of hydrogen-bond acceptors (Lipinski definition) is 8. The summed E-state index contributed by atoms with van der Waals surface area (Å²) in [5.41, 5.74) is 0.900. The molecule has 0 saturated carbocycles. The summed E-state index contributed by atoms with van der Waals surface area (Å²) in [6.45, 7) is 7.00. The van der Waals surface area contributed by atoms with E-state index in [2.05, 4.69) is 15.1 Å². The molecule has 172 valence electrons. The van der Waals surface area contributed by atoms with E-state index < -0.39 is 10.0 Å². The number of fused-ring (bicyclic) bond motifs is 1. The Bertz CT molecular complexity index is 1310. The molecule has 0 radical (unpaired) electrons. The zero-order valence-electron chi connectivity index (χ0n) is 18.2. The molecule has 4 rings (SSSR count). The monoisotopic (exact) mass is 462 g/mol. The molecular formula is C20H26N6O5S. The molecule has 1 aliphatic rings. The SMILES string of the molecule is CCOc1ccc(S(=O)(=O)N2CCN(CO)CC2)cc1-c1nn2c(C)nc(C)c2c(=O)[nH]1. The molecule has 3 aromatic rings. The van der Waals surface area contributed by atoms with Crippen molar-refractivity contribution in [1.29, 1.82) is 0 Å². The first-order valence-corrected chi connectivity index (χ1v) is 11.8. The van der Waals surface area contributed by atoms with E-state index in [1.165, 1.54) is 21.0 Å². The molecule has 11 nitrogen and oxygen atoms in total. The van der Waals surface area contributed by atoms with Crippen LogP contribution in [-0.4, -0.2) is 81.8 Å². The van der Waals surface area contributed by atoms with Crippen molar-refractivity contribution in [3.05, 3.63) is 40.1 Å². The Labute approximate surface area is 185 Å². The van der Waals surface area contributed by atoms with E-state index in [1.54, 1.807) is 24.8 Å². The first-order valence-electron chi connectivity index (χ1n) is 10.3. The molecule has 0 unspecified atom stereocenters. The average molecular weight is 463 g/mol. The van der Waals surface area contributed by atoms with Crippen molar-refractivity contribution >= 4 is 15.5 Å². The minimum atomic E-state index is -3.78. The third-order valence-corrected chi connectivity index (χ3v) is 7.41. The van der Waals surface area contributed by atoms with Gasteiger partial charge in [0, 0.05) is 26.2 Å². The van der Waals surface area contributed by atoms with Crippen LogP contribution < -0.4 is 10.3 Å². The van der Waals surface area contributed by atoms with Crippen LogP contribution in [-0.2, 0) is 10.0 Å². The number of H-pyrrole nitrogens is 1. The van der Waals surface area contributed by atoms with Crippen molar-refractivity contribution in [3.63, 3.8) is 0 Å². The van der Waals surface area contributed by atoms with Crippen LogP contribution >= 0.6 is 0 Å². The average Bonchev–Trinajstić information content (AvgIpc) is 3.07. The molecule has 1 saturated heterocycles. The number of hydrogen-bond donors (Lipinski definition) is 2. The number of sulfonamides is 1. The fourth-order valence-electron chi connectivity index (χ4n) is 3.85. The standard InChI is InChI=1S/C20H26N6O5S/c1-4-31-17-6-5-15(32(29,30)25-9-7-24(12-27)8-10-25)11-16(17)19-22-20(28)18-13(2)21-14(3)26(18)23-19/h5-6,11,27H,4,7-10,12H2,1-3H3,(H,22,23,28). The van der Waals surface area contributed by atoms with Gasteiger partial charge < -0.3 is 14.8 Å². The molecule has 32 heavy (non-hydrogen) atoms. The summed E-state index contributed by atoms with van der Waals surface area (Å²) in [5.74, 6) is 1.15. The maximum atomic E-state index is 13.3. The topological polar surface area (TPSA) is 133 Å². The molecule has 12 heteroatoms. The number of aromatic nitrogens is 4. The largest absolute Gasteiger partial charge is 0.493 e. The number of nitrogens with zero attached hydrogens (tertiary/aromatic N) is 5. The van der Waals surface area contributed by atoms with Crippen LogP contribution in [0, 0.1) is 13.8 Å². The number of piperazine rings is 1. The first kappa shape index (κ1) is 22.4. The summed E-state index contributed by atoms with van der Waals surface area (Å²) in [6.07, 6.45) is 0. The van der Waals surface area contributed by atoms with Gasteiger partial charge in [0.05, 0.1) is 29.5 Å². The van der Waals surface area contributed by atoms with Crippen LogP contribution in [0.3, 0.4) is 0 Å². The summed E-state index contributed by atoms with van der Waals surface area (Å²) in [5, 5.41) is 13.8. The van der Waals surface area contributed by atoms with Crippen LogP contribution in [0.1, 0.15) is 18.4 Å². The molecule has 0 amide bonds. The number of aliphatic hydroxyl groups excluding tert-OH is 1. The van der Waals surface area contributed by atoms with Crippen LogP contribution in [0.2, 0.25) is 0 Å². The quantitative estimate of drug-likeness (QED) is 0.536. The van der Waals surface area contributed by atoms with Crippen LogP contribution in [0.25, 0.3) is 16.9 Å². The second-order valence-electron chi connectivity index (χ2n) is 7.56. The highest BCUT2D eigenvalue weighted by Crippen LogP contribution is 2.31. The van der Waals surface area contributed by atoms with E-state index in [9.17, 15) is 18.3 Å². The summed E-state index contributed by atoms with van der Waals surface area (Å²) < 4.78 is 35.1. The number of aliphatic hydroxyl groups is 1. The fraction of sp³-hybridized carbons (Fsp3) is 0.450. The van der Waals surface area contributed by atoms with Gasteiger partial charge in [-0.25, -0.2) is 17.9 Å².